The molecule has 0 bridgehead atoms. The van der Waals surface area contributed by atoms with Gasteiger partial charge >= 0.3 is 0 Å². The van der Waals surface area contributed by atoms with Crippen LogP contribution in [0.25, 0.3) is 11.4 Å². The lowest BCUT2D eigenvalue weighted by molar-refractivity contribution is 0.509. The molecule has 0 fully saturated rings. The fourth-order valence-corrected chi connectivity index (χ4v) is 1.72. The highest BCUT2D eigenvalue weighted by Crippen LogP contribution is 2.17. The van der Waals surface area contributed by atoms with Gasteiger partial charge in [-0.1, -0.05) is 37.3 Å². The third-order valence-electron chi connectivity index (χ3n) is 2.54. The molecule has 0 atom stereocenters. The molecule has 1 aromatic heterocycles. The molecule has 0 N–H and O–H groups in total. The molecule has 0 aliphatic carbocycles. The van der Waals surface area contributed by atoms with Gasteiger partial charge in [-0.15, -0.1) is 0 Å². The molecule has 0 spiro atoms. The molecule has 84 valence electrons. The molecule has 2 aromatic rings. The fourth-order valence-electron chi connectivity index (χ4n) is 1.72. The Morgan fingerprint density at radius 2 is 1.88 bits per heavy atom. The summed E-state index contributed by atoms with van der Waals surface area (Å²) >= 11 is 0. The van der Waals surface area contributed by atoms with Crippen LogP contribution in [0.2, 0.25) is 0 Å². The van der Waals surface area contributed by atoms with E-state index in [2.05, 4.69) is 30.9 Å². The Bertz CT molecular complexity index is 457. The van der Waals surface area contributed by atoms with Crippen LogP contribution in [0.5, 0.6) is 0 Å². The summed E-state index contributed by atoms with van der Waals surface area (Å²) in [5.41, 5.74) is 1.08. The van der Waals surface area contributed by atoms with Crippen molar-refractivity contribution in [1.29, 1.82) is 0 Å². The van der Waals surface area contributed by atoms with Crippen LogP contribution in [-0.4, -0.2) is 14.8 Å². The summed E-state index contributed by atoms with van der Waals surface area (Å²) in [6, 6.07) is 10.5. The maximum Gasteiger partial charge on any atom is 0.181 e. The molecule has 0 saturated carbocycles. The molecule has 2 rings (SSSR count). The summed E-state index contributed by atoms with van der Waals surface area (Å²) in [5.74, 6) is 1.88. The third kappa shape index (κ3) is 1.98. The Hall–Kier alpha value is -1.64. The predicted molar refractivity (Wildman–Crippen MR) is 65.2 cm³/mol. The van der Waals surface area contributed by atoms with Gasteiger partial charge in [-0.3, -0.25) is 0 Å². The Morgan fingerprint density at radius 1 is 1.19 bits per heavy atom. The lowest BCUT2D eigenvalue weighted by Crippen LogP contribution is -2.07. The summed E-state index contributed by atoms with van der Waals surface area (Å²) in [5, 5.41) is 4.56. The molecule has 0 radical (unpaired) electrons. The molecule has 0 saturated heterocycles. The van der Waals surface area contributed by atoms with Crippen molar-refractivity contribution >= 4 is 0 Å². The summed E-state index contributed by atoms with van der Waals surface area (Å²) in [6.07, 6.45) is 0.915. The van der Waals surface area contributed by atoms with Gasteiger partial charge in [0.15, 0.2) is 5.82 Å². The van der Waals surface area contributed by atoms with E-state index in [1.807, 2.05) is 35.0 Å². The number of nitrogens with zero attached hydrogens (tertiary/aromatic N) is 3. The summed E-state index contributed by atoms with van der Waals surface area (Å²) in [4.78, 5) is 4.57. The Morgan fingerprint density at radius 3 is 2.38 bits per heavy atom. The van der Waals surface area contributed by atoms with Gasteiger partial charge in [0.1, 0.15) is 5.82 Å². The van der Waals surface area contributed by atoms with Gasteiger partial charge in [-0.2, -0.15) is 5.10 Å². The van der Waals surface area contributed by atoms with Crippen molar-refractivity contribution in [3.05, 3.63) is 36.2 Å². The standard InChI is InChI=1S/C13H17N3/c1-4-12-14-13(15-16(12)10(2)3)11-8-6-5-7-9-11/h5-10H,4H2,1-3H3. The van der Waals surface area contributed by atoms with Crippen molar-refractivity contribution in [3.63, 3.8) is 0 Å². The minimum absolute atomic E-state index is 0.361. The van der Waals surface area contributed by atoms with E-state index in [0.29, 0.717) is 6.04 Å². The third-order valence-corrected chi connectivity index (χ3v) is 2.54. The van der Waals surface area contributed by atoms with Crippen LogP contribution < -0.4 is 0 Å². The average Bonchev–Trinajstić information content (AvgIpc) is 2.74. The molecule has 3 heteroatoms. The quantitative estimate of drug-likeness (QED) is 0.787. The normalized spacial score (nSPS) is 11.0. The Labute approximate surface area is 96.1 Å². The highest BCUT2D eigenvalue weighted by atomic mass is 15.4. The van der Waals surface area contributed by atoms with E-state index in [1.54, 1.807) is 0 Å². The van der Waals surface area contributed by atoms with Gasteiger partial charge in [0.05, 0.1) is 0 Å². The van der Waals surface area contributed by atoms with Crippen molar-refractivity contribution in [2.45, 2.75) is 33.2 Å². The Balaban J connectivity index is 2.44. The summed E-state index contributed by atoms with van der Waals surface area (Å²) < 4.78 is 2.00. The number of hydrogen-bond donors (Lipinski definition) is 0. The van der Waals surface area contributed by atoms with E-state index < -0.39 is 0 Å². The molecule has 1 aromatic carbocycles. The predicted octanol–water partition coefficient (Wildman–Crippen LogP) is 3.09. The molecule has 16 heavy (non-hydrogen) atoms. The highest BCUT2D eigenvalue weighted by molar-refractivity contribution is 5.53. The first kappa shape index (κ1) is 10.9. The first-order valence-electron chi connectivity index (χ1n) is 5.73. The minimum Gasteiger partial charge on any atom is -0.247 e. The SMILES string of the molecule is CCc1nc(-c2ccccc2)nn1C(C)C. The number of rotatable bonds is 3. The molecule has 0 amide bonds. The van der Waals surface area contributed by atoms with Crippen LogP contribution in [0.3, 0.4) is 0 Å². The summed E-state index contributed by atoms with van der Waals surface area (Å²) in [6.45, 7) is 6.36. The van der Waals surface area contributed by atoms with Gasteiger partial charge < -0.3 is 0 Å². The van der Waals surface area contributed by atoms with Crippen LogP contribution in [0.1, 0.15) is 32.6 Å². The van der Waals surface area contributed by atoms with Crippen LogP contribution in [0, 0.1) is 0 Å². The zero-order valence-corrected chi connectivity index (χ0v) is 10.0. The first-order chi connectivity index (χ1) is 7.72. The molecule has 3 nitrogen and oxygen atoms in total. The van der Waals surface area contributed by atoms with E-state index >= 15 is 0 Å². The van der Waals surface area contributed by atoms with Gasteiger partial charge in [0.2, 0.25) is 0 Å². The Kier molecular flexibility index (Phi) is 3.04. The van der Waals surface area contributed by atoms with Gasteiger partial charge in [0, 0.05) is 18.0 Å². The lowest BCUT2D eigenvalue weighted by Gasteiger charge is -2.06. The maximum absolute atomic E-state index is 4.57. The average molecular weight is 215 g/mol. The van der Waals surface area contributed by atoms with Crippen molar-refractivity contribution in [3.8, 4) is 11.4 Å². The first-order valence-corrected chi connectivity index (χ1v) is 5.73. The molecule has 0 aliphatic rings. The van der Waals surface area contributed by atoms with E-state index in [-0.39, 0.29) is 0 Å². The van der Waals surface area contributed by atoms with E-state index in [1.165, 1.54) is 0 Å². The second-order valence-corrected chi connectivity index (χ2v) is 4.11. The molecule has 1 heterocycles. The zero-order chi connectivity index (χ0) is 11.5. The van der Waals surface area contributed by atoms with Crippen molar-refractivity contribution in [1.82, 2.24) is 14.8 Å². The zero-order valence-electron chi connectivity index (χ0n) is 10.0. The van der Waals surface area contributed by atoms with Crippen LogP contribution in [0.4, 0.5) is 0 Å². The highest BCUT2D eigenvalue weighted by Gasteiger charge is 2.11. The van der Waals surface area contributed by atoms with E-state index in [4.69, 9.17) is 0 Å². The molecule has 0 aliphatic heterocycles. The second kappa shape index (κ2) is 4.47. The largest absolute Gasteiger partial charge is 0.247 e. The van der Waals surface area contributed by atoms with Crippen LogP contribution >= 0.6 is 0 Å². The molecular weight excluding hydrogens is 198 g/mol. The number of aromatic nitrogens is 3. The van der Waals surface area contributed by atoms with Gasteiger partial charge in [0.25, 0.3) is 0 Å². The van der Waals surface area contributed by atoms with Crippen LogP contribution in [0.15, 0.2) is 30.3 Å². The number of benzene rings is 1. The topological polar surface area (TPSA) is 30.7 Å². The molecule has 0 unspecified atom stereocenters. The van der Waals surface area contributed by atoms with Crippen LogP contribution in [-0.2, 0) is 6.42 Å². The number of hydrogen-bond acceptors (Lipinski definition) is 2. The monoisotopic (exact) mass is 215 g/mol. The molecular formula is C13H17N3. The fraction of sp³-hybridized carbons (Fsp3) is 0.385. The second-order valence-electron chi connectivity index (χ2n) is 4.11. The van der Waals surface area contributed by atoms with E-state index in [9.17, 15) is 0 Å². The summed E-state index contributed by atoms with van der Waals surface area (Å²) in [7, 11) is 0. The van der Waals surface area contributed by atoms with Crippen molar-refractivity contribution in [2.24, 2.45) is 0 Å². The maximum atomic E-state index is 4.57. The van der Waals surface area contributed by atoms with Gasteiger partial charge in [-0.05, 0) is 13.8 Å². The number of aryl methyl sites for hydroxylation is 1. The minimum atomic E-state index is 0.361. The van der Waals surface area contributed by atoms with Crippen molar-refractivity contribution < 1.29 is 0 Å². The van der Waals surface area contributed by atoms with Gasteiger partial charge in [-0.25, -0.2) is 9.67 Å². The van der Waals surface area contributed by atoms with Crippen molar-refractivity contribution in [2.75, 3.05) is 0 Å². The smallest absolute Gasteiger partial charge is 0.181 e. The van der Waals surface area contributed by atoms with E-state index in [0.717, 1.165) is 23.6 Å². The lowest BCUT2D eigenvalue weighted by atomic mass is 10.2.